The molecule has 0 bridgehead atoms. The molecule has 0 saturated carbocycles. The number of hydrogen-bond donors (Lipinski definition) is 1. The van der Waals surface area contributed by atoms with Gasteiger partial charge in [0.15, 0.2) is 0 Å². The van der Waals surface area contributed by atoms with Crippen molar-refractivity contribution in [3.8, 4) is 0 Å². The first-order valence-corrected chi connectivity index (χ1v) is 3.58. The Balaban J connectivity index is 2.12. The van der Waals surface area contributed by atoms with Gasteiger partial charge >= 0.3 is 0 Å². The molecule has 1 aromatic rings. The van der Waals surface area contributed by atoms with Crippen LogP contribution >= 0.6 is 0 Å². The van der Waals surface area contributed by atoms with Crippen molar-refractivity contribution in [3.05, 3.63) is 18.2 Å². The summed E-state index contributed by atoms with van der Waals surface area (Å²) in [5.74, 6) is 0.970. The van der Waals surface area contributed by atoms with E-state index in [0.717, 1.165) is 25.3 Å². The van der Waals surface area contributed by atoms with Crippen molar-refractivity contribution < 1.29 is 4.74 Å². The molecule has 10 heavy (non-hydrogen) atoms. The lowest BCUT2D eigenvalue weighted by Crippen LogP contribution is -1.97. The molecular weight excluding hydrogens is 128 g/mol. The van der Waals surface area contributed by atoms with Crippen molar-refractivity contribution in [1.82, 2.24) is 9.97 Å². The standard InChI is InChI=1S/C7H10N2O/c1-2-6(10-5-1)7-8-3-4-9-7/h3-4,6H,1-2,5H2,(H,8,9). The van der Waals surface area contributed by atoms with Gasteiger partial charge in [-0.25, -0.2) is 4.98 Å². The van der Waals surface area contributed by atoms with Gasteiger partial charge in [0.05, 0.1) is 0 Å². The summed E-state index contributed by atoms with van der Waals surface area (Å²) in [6, 6.07) is 0. The van der Waals surface area contributed by atoms with Gasteiger partial charge in [0.1, 0.15) is 11.9 Å². The maximum atomic E-state index is 5.40. The van der Waals surface area contributed by atoms with Gasteiger partial charge in [-0.1, -0.05) is 0 Å². The molecule has 2 rings (SSSR count). The monoisotopic (exact) mass is 138 g/mol. The number of imidazole rings is 1. The van der Waals surface area contributed by atoms with Crippen molar-refractivity contribution in [3.63, 3.8) is 0 Å². The first-order chi connectivity index (χ1) is 4.97. The summed E-state index contributed by atoms with van der Waals surface area (Å²) in [6.07, 6.45) is 6.09. The number of aromatic amines is 1. The minimum absolute atomic E-state index is 0.231. The smallest absolute Gasteiger partial charge is 0.135 e. The van der Waals surface area contributed by atoms with E-state index < -0.39 is 0 Å². The Bertz CT molecular complexity index is 189. The van der Waals surface area contributed by atoms with E-state index >= 15 is 0 Å². The van der Waals surface area contributed by atoms with Gasteiger partial charge in [0, 0.05) is 19.0 Å². The topological polar surface area (TPSA) is 37.9 Å². The van der Waals surface area contributed by atoms with E-state index in [1.54, 1.807) is 6.20 Å². The molecule has 1 atom stereocenters. The third kappa shape index (κ3) is 0.926. The molecule has 1 N–H and O–H groups in total. The summed E-state index contributed by atoms with van der Waals surface area (Å²) in [4.78, 5) is 7.16. The van der Waals surface area contributed by atoms with E-state index in [-0.39, 0.29) is 6.10 Å². The number of aromatic nitrogens is 2. The predicted molar refractivity (Wildman–Crippen MR) is 36.5 cm³/mol. The van der Waals surface area contributed by atoms with E-state index in [4.69, 9.17) is 4.74 Å². The van der Waals surface area contributed by atoms with Gasteiger partial charge in [-0.05, 0) is 12.8 Å². The van der Waals surface area contributed by atoms with E-state index in [0.29, 0.717) is 0 Å². The average molecular weight is 138 g/mol. The van der Waals surface area contributed by atoms with Gasteiger partial charge in [-0.15, -0.1) is 0 Å². The molecule has 1 aliphatic rings. The lowest BCUT2D eigenvalue weighted by molar-refractivity contribution is 0.106. The molecule has 54 valence electrons. The molecule has 1 saturated heterocycles. The van der Waals surface area contributed by atoms with E-state index in [9.17, 15) is 0 Å². The van der Waals surface area contributed by atoms with Crippen LogP contribution in [0.15, 0.2) is 12.4 Å². The highest BCUT2D eigenvalue weighted by molar-refractivity contribution is 4.93. The normalized spacial score (nSPS) is 25.4. The average Bonchev–Trinajstić information content (AvgIpc) is 2.59. The first-order valence-electron chi connectivity index (χ1n) is 3.58. The van der Waals surface area contributed by atoms with Crippen molar-refractivity contribution in [1.29, 1.82) is 0 Å². The molecule has 0 amide bonds. The minimum Gasteiger partial charge on any atom is -0.370 e. The molecule has 0 aliphatic carbocycles. The Hall–Kier alpha value is -0.830. The molecule has 0 radical (unpaired) electrons. The Morgan fingerprint density at radius 2 is 2.70 bits per heavy atom. The maximum Gasteiger partial charge on any atom is 0.135 e. The zero-order valence-corrected chi connectivity index (χ0v) is 5.71. The van der Waals surface area contributed by atoms with Crippen LogP contribution in [0, 0.1) is 0 Å². The number of hydrogen-bond acceptors (Lipinski definition) is 2. The predicted octanol–water partition coefficient (Wildman–Crippen LogP) is 1.26. The Morgan fingerprint density at radius 1 is 1.70 bits per heavy atom. The molecule has 1 fully saturated rings. The fourth-order valence-electron chi connectivity index (χ4n) is 1.25. The minimum atomic E-state index is 0.231. The molecule has 1 unspecified atom stereocenters. The molecule has 1 aromatic heterocycles. The first kappa shape index (κ1) is 5.92. The van der Waals surface area contributed by atoms with Crippen molar-refractivity contribution in [2.45, 2.75) is 18.9 Å². The second kappa shape index (κ2) is 2.42. The van der Waals surface area contributed by atoms with Gasteiger partial charge in [-0.2, -0.15) is 0 Å². The second-order valence-corrected chi connectivity index (χ2v) is 2.48. The van der Waals surface area contributed by atoms with Crippen molar-refractivity contribution >= 4 is 0 Å². The summed E-state index contributed by atoms with van der Waals surface area (Å²) in [5, 5.41) is 0. The summed E-state index contributed by atoms with van der Waals surface area (Å²) in [5.41, 5.74) is 0. The molecular formula is C7H10N2O. The lowest BCUT2D eigenvalue weighted by atomic mass is 10.2. The number of ether oxygens (including phenoxy) is 1. The fourth-order valence-corrected chi connectivity index (χ4v) is 1.25. The summed E-state index contributed by atoms with van der Waals surface area (Å²) in [7, 11) is 0. The van der Waals surface area contributed by atoms with E-state index in [2.05, 4.69) is 9.97 Å². The van der Waals surface area contributed by atoms with Crippen LogP contribution in [0.1, 0.15) is 24.8 Å². The largest absolute Gasteiger partial charge is 0.370 e. The van der Waals surface area contributed by atoms with Gasteiger partial charge < -0.3 is 9.72 Å². The van der Waals surface area contributed by atoms with E-state index in [1.807, 2.05) is 6.20 Å². The van der Waals surface area contributed by atoms with Gasteiger partial charge in [-0.3, -0.25) is 0 Å². The third-order valence-electron chi connectivity index (χ3n) is 1.75. The van der Waals surface area contributed by atoms with Crippen LogP contribution in [0.3, 0.4) is 0 Å². The number of nitrogens with zero attached hydrogens (tertiary/aromatic N) is 1. The van der Waals surface area contributed by atoms with E-state index in [1.165, 1.54) is 0 Å². The SMILES string of the molecule is c1c[nH]c(C2CCCO2)n1. The van der Waals surface area contributed by atoms with Crippen LogP contribution in [0.2, 0.25) is 0 Å². The summed E-state index contributed by atoms with van der Waals surface area (Å²) >= 11 is 0. The second-order valence-electron chi connectivity index (χ2n) is 2.48. The van der Waals surface area contributed by atoms with Crippen molar-refractivity contribution in [2.24, 2.45) is 0 Å². The van der Waals surface area contributed by atoms with Crippen LogP contribution in [-0.2, 0) is 4.74 Å². The molecule has 3 nitrogen and oxygen atoms in total. The fraction of sp³-hybridized carbons (Fsp3) is 0.571. The van der Waals surface area contributed by atoms with Crippen molar-refractivity contribution in [2.75, 3.05) is 6.61 Å². The van der Waals surface area contributed by atoms with Gasteiger partial charge in [0.2, 0.25) is 0 Å². The Morgan fingerprint density at radius 3 is 3.30 bits per heavy atom. The summed E-state index contributed by atoms with van der Waals surface area (Å²) < 4.78 is 5.40. The number of H-pyrrole nitrogens is 1. The van der Waals surface area contributed by atoms with Crippen LogP contribution in [0.25, 0.3) is 0 Å². The highest BCUT2D eigenvalue weighted by Gasteiger charge is 2.18. The highest BCUT2D eigenvalue weighted by atomic mass is 16.5. The maximum absolute atomic E-state index is 5.40. The number of rotatable bonds is 1. The summed E-state index contributed by atoms with van der Waals surface area (Å²) in [6.45, 7) is 0.880. The van der Waals surface area contributed by atoms with Crippen LogP contribution in [0.5, 0.6) is 0 Å². The Kier molecular flexibility index (Phi) is 1.43. The molecule has 3 heteroatoms. The molecule has 0 aromatic carbocycles. The third-order valence-corrected chi connectivity index (χ3v) is 1.75. The number of nitrogens with one attached hydrogen (secondary N) is 1. The Labute approximate surface area is 59.4 Å². The van der Waals surface area contributed by atoms with Crippen LogP contribution in [-0.4, -0.2) is 16.6 Å². The molecule has 0 spiro atoms. The quantitative estimate of drug-likeness (QED) is 0.634. The van der Waals surface area contributed by atoms with Crippen LogP contribution < -0.4 is 0 Å². The lowest BCUT2D eigenvalue weighted by Gasteiger charge is -2.03. The van der Waals surface area contributed by atoms with Crippen LogP contribution in [0.4, 0.5) is 0 Å². The molecule has 2 heterocycles. The van der Waals surface area contributed by atoms with Gasteiger partial charge in [0.25, 0.3) is 0 Å². The zero-order chi connectivity index (χ0) is 6.81. The molecule has 1 aliphatic heterocycles. The highest BCUT2D eigenvalue weighted by Crippen LogP contribution is 2.24. The zero-order valence-electron chi connectivity index (χ0n) is 5.71.